The second-order valence-electron chi connectivity index (χ2n) is 5.82. The largest absolute Gasteiger partial charge is 0.346 e. The van der Waals surface area contributed by atoms with E-state index in [4.69, 9.17) is 10.3 Å². The van der Waals surface area contributed by atoms with Crippen LogP contribution in [0.25, 0.3) is 0 Å². The first-order chi connectivity index (χ1) is 9.08. The van der Waals surface area contributed by atoms with E-state index in [2.05, 4.69) is 10.1 Å². The van der Waals surface area contributed by atoms with Gasteiger partial charge in [-0.25, -0.2) is 0 Å². The van der Waals surface area contributed by atoms with Crippen LogP contribution in [0.1, 0.15) is 56.2 Å². The van der Waals surface area contributed by atoms with Crippen LogP contribution < -0.4 is 5.73 Å². The normalized spacial score (nSPS) is 25.6. The lowest BCUT2D eigenvalue weighted by molar-refractivity contribution is -0.132. The average molecular weight is 301 g/mol. The molecular formula is C13H21ClN4O2. The fourth-order valence-electron chi connectivity index (χ4n) is 2.99. The smallest absolute Gasteiger partial charge is 0.230 e. The number of aromatic nitrogens is 2. The van der Waals surface area contributed by atoms with Gasteiger partial charge in [-0.1, -0.05) is 18.0 Å². The minimum Gasteiger partial charge on any atom is -0.346 e. The lowest BCUT2D eigenvalue weighted by Crippen LogP contribution is -2.35. The number of hydrogen-bond acceptors (Lipinski definition) is 5. The van der Waals surface area contributed by atoms with Crippen LogP contribution in [-0.4, -0.2) is 34.5 Å². The maximum absolute atomic E-state index is 11.7. The molecule has 20 heavy (non-hydrogen) atoms. The Bertz CT molecular complexity index is 484. The molecule has 7 heteroatoms. The maximum Gasteiger partial charge on any atom is 0.230 e. The van der Waals surface area contributed by atoms with Gasteiger partial charge < -0.3 is 15.2 Å². The number of carbonyl (C=O) groups is 1. The Morgan fingerprint density at radius 3 is 2.75 bits per heavy atom. The zero-order valence-corrected chi connectivity index (χ0v) is 12.5. The summed E-state index contributed by atoms with van der Waals surface area (Å²) in [5.74, 6) is 1.38. The Balaban J connectivity index is 0.00000147. The highest BCUT2D eigenvalue weighted by atomic mass is 35.5. The second kappa shape index (κ2) is 5.69. The molecule has 1 saturated carbocycles. The SMILES string of the molecule is CN1CCC(c2nc(C3(N)CCCC3)no2)CC1=O.Cl. The van der Waals surface area contributed by atoms with E-state index in [1.807, 2.05) is 7.05 Å². The number of carbonyl (C=O) groups excluding carboxylic acids is 1. The lowest BCUT2D eigenvalue weighted by Gasteiger charge is -2.26. The molecule has 1 atom stereocenters. The van der Waals surface area contributed by atoms with Crippen molar-refractivity contribution < 1.29 is 9.32 Å². The van der Waals surface area contributed by atoms with Crippen molar-refractivity contribution in [1.82, 2.24) is 15.0 Å². The molecule has 2 aliphatic rings. The topological polar surface area (TPSA) is 85.2 Å². The van der Waals surface area contributed by atoms with Gasteiger partial charge in [0.25, 0.3) is 0 Å². The van der Waals surface area contributed by atoms with E-state index in [0.29, 0.717) is 18.1 Å². The van der Waals surface area contributed by atoms with Gasteiger partial charge in [0.05, 0.1) is 5.54 Å². The van der Waals surface area contributed by atoms with E-state index in [-0.39, 0.29) is 24.2 Å². The molecule has 2 fully saturated rings. The van der Waals surface area contributed by atoms with Gasteiger partial charge in [0.15, 0.2) is 5.82 Å². The fraction of sp³-hybridized carbons (Fsp3) is 0.769. The minimum absolute atomic E-state index is 0. The first-order valence-corrected chi connectivity index (χ1v) is 6.95. The van der Waals surface area contributed by atoms with Crippen molar-refractivity contribution >= 4 is 18.3 Å². The van der Waals surface area contributed by atoms with E-state index in [1.54, 1.807) is 4.90 Å². The van der Waals surface area contributed by atoms with Crippen LogP contribution in [0.2, 0.25) is 0 Å². The molecule has 6 nitrogen and oxygen atoms in total. The van der Waals surface area contributed by atoms with Crippen LogP contribution in [0.5, 0.6) is 0 Å². The van der Waals surface area contributed by atoms with Gasteiger partial charge in [0.2, 0.25) is 11.8 Å². The van der Waals surface area contributed by atoms with Crippen molar-refractivity contribution in [3.05, 3.63) is 11.7 Å². The van der Waals surface area contributed by atoms with Crippen molar-refractivity contribution in [1.29, 1.82) is 0 Å². The van der Waals surface area contributed by atoms with Gasteiger partial charge >= 0.3 is 0 Å². The third-order valence-electron chi connectivity index (χ3n) is 4.39. The van der Waals surface area contributed by atoms with Gasteiger partial charge in [0, 0.05) is 25.9 Å². The van der Waals surface area contributed by atoms with Crippen LogP contribution in [0.3, 0.4) is 0 Å². The quantitative estimate of drug-likeness (QED) is 0.896. The summed E-state index contributed by atoms with van der Waals surface area (Å²) in [6.07, 6.45) is 5.40. The number of hydrogen-bond donors (Lipinski definition) is 1. The number of likely N-dealkylation sites (tertiary alicyclic amines) is 1. The predicted octanol–water partition coefficient (Wildman–Crippen LogP) is 1.56. The molecule has 2 heterocycles. The number of nitrogens with two attached hydrogens (primary N) is 1. The van der Waals surface area contributed by atoms with Gasteiger partial charge in [-0.2, -0.15) is 4.98 Å². The molecule has 0 bridgehead atoms. The highest BCUT2D eigenvalue weighted by Gasteiger charge is 2.37. The van der Waals surface area contributed by atoms with E-state index in [0.717, 1.165) is 38.6 Å². The molecule has 1 aromatic rings. The molecule has 112 valence electrons. The zero-order valence-electron chi connectivity index (χ0n) is 11.7. The molecule has 0 radical (unpaired) electrons. The number of amides is 1. The highest BCUT2D eigenvalue weighted by Crippen LogP contribution is 2.36. The third-order valence-corrected chi connectivity index (χ3v) is 4.39. The van der Waals surface area contributed by atoms with Crippen molar-refractivity contribution in [3.8, 4) is 0 Å². The van der Waals surface area contributed by atoms with Crippen molar-refractivity contribution in [2.45, 2.75) is 50.0 Å². The number of halogens is 1. The standard InChI is InChI=1S/C13H20N4O2.ClH/c1-17-7-4-9(8-10(17)18)11-15-12(16-19-11)13(14)5-2-3-6-13;/h9H,2-8,14H2,1H3;1H. The van der Waals surface area contributed by atoms with Crippen LogP contribution in [-0.2, 0) is 10.3 Å². The molecule has 2 N–H and O–H groups in total. The predicted molar refractivity (Wildman–Crippen MR) is 75.5 cm³/mol. The van der Waals surface area contributed by atoms with Crippen LogP contribution in [0.4, 0.5) is 0 Å². The van der Waals surface area contributed by atoms with Crippen molar-refractivity contribution in [3.63, 3.8) is 0 Å². The molecule has 1 saturated heterocycles. The molecule has 3 rings (SSSR count). The summed E-state index contributed by atoms with van der Waals surface area (Å²) in [6, 6.07) is 0. The van der Waals surface area contributed by atoms with E-state index >= 15 is 0 Å². The Labute approximate surface area is 124 Å². The summed E-state index contributed by atoms with van der Waals surface area (Å²) in [4.78, 5) is 17.9. The monoisotopic (exact) mass is 300 g/mol. The summed E-state index contributed by atoms with van der Waals surface area (Å²) < 4.78 is 5.35. The second-order valence-corrected chi connectivity index (χ2v) is 5.82. The molecule has 1 unspecified atom stereocenters. The lowest BCUT2D eigenvalue weighted by atomic mass is 9.96. The molecule has 1 aliphatic heterocycles. The zero-order chi connectivity index (χ0) is 13.5. The van der Waals surface area contributed by atoms with E-state index < -0.39 is 5.54 Å². The molecule has 0 spiro atoms. The Kier molecular flexibility index (Phi) is 4.34. The molecular weight excluding hydrogens is 280 g/mol. The van der Waals surface area contributed by atoms with Gasteiger partial charge in [-0.15, -0.1) is 12.4 Å². The fourth-order valence-corrected chi connectivity index (χ4v) is 2.99. The highest BCUT2D eigenvalue weighted by molar-refractivity contribution is 5.85. The number of rotatable bonds is 2. The van der Waals surface area contributed by atoms with Crippen molar-refractivity contribution in [2.75, 3.05) is 13.6 Å². The Hall–Kier alpha value is -1.14. The molecule has 1 aromatic heterocycles. The summed E-state index contributed by atoms with van der Waals surface area (Å²) in [5.41, 5.74) is 5.89. The molecule has 1 aliphatic carbocycles. The van der Waals surface area contributed by atoms with Gasteiger partial charge in [0.1, 0.15) is 0 Å². The summed E-state index contributed by atoms with van der Waals surface area (Å²) in [5, 5.41) is 4.05. The van der Waals surface area contributed by atoms with Crippen LogP contribution >= 0.6 is 12.4 Å². The Morgan fingerprint density at radius 2 is 2.10 bits per heavy atom. The summed E-state index contributed by atoms with van der Waals surface area (Å²) in [6.45, 7) is 0.745. The van der Waals surface area contributed by atoms with Crippen LogP contribution in [0, 0.1) is 0 Å². The summed E-state index contributed by atoms with van der Waals surface area (Å²) >= 11 is 0. The maximum atomic E-state index is 11.7. The van der Waals surface area contributed by atoms with E-state index in [9.17, 15) is 4.79 Å². The first kappa shape index (κ1) is 15.3. The van der Waals surface area contributed by atoms with Crippen LogP contribution in [0.15, 0.2) is 4.52 Å². The average Bonchev–Trinajstić information content (AvgIpc) is 3.02. The van der Waals surface area contributed by atoms with Crippen molar-refractivity contribution in [2.24, 2.45) is 5.73 Å². The molecule has 0 aromatic carbocycles. The first-order valence-electron chi connectivity index (χ1n) is 6.95. The Morgan fingerprint density at radius 1 is 1.40 bits per heavy atom. The number of nitrogens with zero attached hydrogens (tertiary/aromatic N) is 3. The minimum atomic E-state index is -0.419. The molecule has 1 amide bonds. The van der Waals surface area contributed by atoms with Gasteiger partial charge in [-0.05, 0) is 19.3 Å². The van der Waals surface area contributed by atoms with E-state index in [1.165, 1.54) is 0 Å². The van der Waals surface area contributed by atoms with Gasteiger partial charge in [-0.3, -0.25) is 4.79 Å². The number of piperidine rings is 1. The summed E-state index contributed by atoms with van der Waals surface area (Å²) in [7, 11) is 1.82. The third kappa shape index (κ3) is 2.67.